The zero-order valence-electron chi connectivity index (χ0n) is 70.7. The van der Waals surface area contributed by atoms with Crippen LogP contribution < -0.4 is 0 Å². The molecule has 0 aromatic heterocycles. The first-order chi connectivity index (χ1) is 55.2. The van der Waals surface area contributed by atoms with Crippen LogP contribution in [0.15, 0.2) is 182 Å². The Morgan fingerprint density at radius 2 is 0.442 bits per heavy atom. The van der Waals surface area contributed by atoms with Gasteiger partial charge in [0.15, 0.2) is 6.10 Å². The number of ether oxygens (including phenoxy) is 3. The number of phosphoric ester groups is 2. The van der Waals surface area contributed by atoms with Crippen LogP contribution in [0.3, 0.4) is 0 Å². The third-order valence-electron chi connectivity index (χ3n) is 18.1. The van der Waals surface area contributed by atoms with Crippen molar-refractivity contribution in [2.24, 2.45) is 0 Å². The number of carbonyl (C=O) groups is 3. The normalized spacial score (nSPS) is 14.7. The maximum atomic E-state index is 13.0. The second kappa shape index (κ2) is 86.0. The summed E-state index contributed by atoms with van der Waals surface area (Å²) in [5.74, 6) is -1.61. The summed E-state index contributed by atoms with van der Waals surface area (Å²) in [4.78, 5) is 58.9. The van der Waals surface area contributed by atoms with E-state index >= 15 is 0 Å². The lowest BCUT2D eigenvalue weighted by atomic mass is 10.0. The Balaban J connectivity index is 4.53. The first-order valence-electron chi connectivity index (χ1n) is 44.1. The summed E-state index contributed by atoms with van der Waals surface area (Å²) in [5.41, 5.74) is 0. The molecule has 0 saturated heterocycles. The summed E-state index contributed by atoms with van der Waals surface area (Å²) in [5, 5.41) is 20.7. The highest BCUT2D eigenvalue weighted by Crippen LogP contribution is 2.45. The van der Waals surface area contributed by atoms with Crippen molar-refractivity contribution in [2.75, 3.05) is 39.6 Å². The number of aliphatic hydroxyl groups is 2. The molecule has 0 bridgehead atoms. The van der Waals surface area contributed by atoms with Gasteiger partial charge in [0.2, 0.25) is 0 Å². The van der Waals surface area contributed by atoms with Crippen molar-refractivity contribution >= 4 is 33.6 Å². The molecule has 16 nitrogen and oxygen atoms in total. The molecule has 0 rings (SSSR count). The zero-order chi connectivity index (χ0) is 82.2. The highest BCUT2D eigenvalue weighted by atomic mass is 31.2. The van der Waals surface area contributed by atoms with Crippen molar-refractivity contribution in [2.45, 2.75) is 360 Å². The number of aliphatic hydroxyl groups excluding tert-OH is 2. The number of rotatable bonds is 82. The van der Waals surface area contributed by atoms with Crippen molar-refractivity contribution in [1.82, 2.24) is 0 Å². The van der Waals surface area contributed by atoms with E-state index in [-0.39, 0.29) is 19.3 Å². The van der Waals surface area contributed by atoms with Gasteiger partial charge in [0.05, 0.1) is 26.4 Å². The Morgan fingerprint density at radius 1 is 0.248 bits per heavy atom. The maximum Gasteiger partial charge on any atom is 0.472 e. The molecule has 4 N–H and O–H groups in total. The Kier molecular flexibility index (Phi) is 81.9. The number of carbonyl (C=O) groups excluding carboxylic acids is 3. The fourth-order valence-electron chi connectivity index (χ4n) is 11.5. The fourth-order valence-corrected chi connectivity index (χ4v) is 13.1. The molecule has 5 atom stereocenters. The predicted molar refractivity (Wildman–Crippen MR) is 472 cm³/mol. The molecule has 0 amide bonds. The molecule has 0 heterocycles. The number of unbranched alkanes of at least 4 members (excludes halogenated alkanes) is 29. The maximum absolute atomic E-state index is 13.0. The average molecular weight is 1620 g/mol. The molecule has 18 heteroatoms. The summed E-state index contributed by atoms with van der Waals surface area (Å²) in [7, 11) is -9.82. The van der Waals surface area contributed by atoms with Crippen molar-refractivity contribution in [1.29, 1.82) is 0 Å². The van der Waals surface area contributed by atoms with Crippen LogP contribution in [0.1, 0.15) is 342 Å². The van der Waals surface area contributed by atoms with E-state index in [1.807, 2.05) is 0 Å². The van der Waals surface area contributed by atoms with Crippen molar-refractivity contribution in [3.05, 3.63) is 182 Å². The van der Waals surface area contributed by atoms with Gasteiger partial charge < -0.3 is 34.2 Å². The van der Waals surface area contributed by atoms with E-state index in [2.05, 4.69) is 203 Å². The van der Waals surface area contributed by atoms with Crippen LogP contribution in [0.4, 0.5) is 0 Å². The Hall–Kier alpha value is -5.35. The van der Waals surface area contributed by atoms with Gasteiger partial charge in [0.1, 0.15) is 25.4 Å². The number of phosphoric acid groups is 2. The lowest BCUT2D eigenvalue weighted by Crippen LogP contribution is -2.30. The van der Waals surface area contributed by atoms with Gasteiger partial charge in [-0.15, -0.1) is 0 Å². The minimum Gasteiger partial charge on any atom is -0.463 e. The van der Waals surface area contributed by atoms with Gasteiger partial charge in [-0.05, 0) is 154 Å². The van der Waals surface area contributed by atoms with Crippen LogP contribution in [0.2, 0.25) is 0 Å². The zero-order valence-corrected chi connectivity index (χ0v) is 72.5. The predicted octanol–water partition coefficient (Wildman–Crippen LogP) is 26.9. The topological polar surface area (TPSA) is 231 Å². The minimum absolute atomic E-state index is 0.0712. The molecule has 0 fully saturated rings. The molecule has 0 radical (unpaired) electrons. The van der Waals surface area contributed by atoms with Gasteiger partial charge in [0, 0.05) is 19.3 Å². The number of allylic oxidation sites excluding steroid dienone is 30. The van der Waals surface area contributed by atoms with Crippen LogP contribution in [0.5, 0.6) is 0 Å². The highest BCUT2D eigenvalue weighted by molar-refractivity contribution is 7.47. The summed E-state index contributed by atoms with van der Waals surface area (Å²) in [6, 6.07) is 0. The number of hydrogen-bond acceptors (Lipinski definition) is 14. The van der Waals surface area contributed by atoms with Gasteiger partial charge in [-0.25, -0.2) is 9.13 Å². The summed E-state index contributed by atoms with van der Waals surface area (Å²) in [6.07, 6.45) is 112. The van der Waals surface area contributed by atoms with Crippen LogP contribution in [-0.4, -0.2) is 95.9 Å². The second-order valence-electron chi connectivity index (χ2n) is 28.9. The standard InChI is InChI=1S/C95H158O16P2/c1-4-7-10-13-16-19-22-25-28-31-33-35-37-39-41-42-43-44-45-46-48-50-51-53-55-58-60-63-66-69-72-75-78-81-93(98)105-84-90(96)85-107-112(101,102)108-86-91(97)87-109-113(103,104)110-89-92(111-95(100)83-80-77-74-71-68-65-62-57-30-27-24-21-18-15-12-9-6-3)88-106-94(99)82-79-76-73-70-67-64-61-59-56-54-52-49-47-40-38-36-34-32-29-26-23-20-17-14-11-8-5-2/h7-12,16-21,25-30,33-36,39-41,43-44,47,62,65,90-92,96-97H,4-6,13-15,22-24,31-32,37-38,42,45-46,48-61,63-64,66-89H2,1-3H3,(H,101,102)(H,103,104)/b10-7-,11-8-,12-9-,19-16-,20-17-,21-18-,28-25-,29-26-,30-27-,35-33-,36-34-,41-39-,44-43-,47-40-,65-62-. The lowest BCUT2D eigenvalue weighted by molar-refractivity contribution is -0.161. The molecular weight excluding hydrogens is 1460 g/mol. The Labute approximate surface area is 687 Å². The van der Waals surface area contributed by atoms with E-state index in [1.54, 1.807) is 0 Å². The average Bonchev–Trinajstić information content (AvgIpc) is 0.900. The first-order valence-corrected chi connectivity index (χ1v) is 47.1. The van der Waals surface area contributed by atoms with E-state index in [9.17, 15) is 43.5 Å². The monoisotopic (exact) mass is 1620 g/mol. The molecule has 113 heavy (non-hydrogen) atoms. The molecule has 0 aromatic rings. The first kappa shape index (κ1) is 108. The quantitative estimate of drug-likeness (QED) is 0.0146. The second-order valence-corrected chi connectivity index (χ2v) is 31.8. The highest BCUT2D eigenvalue weighted by Gasteiger charge is 2.29. The van der Waals surface area contributed by atoms with Gasteiger partial charge in [-0.1, -0.05) is 351 Å². The van der Waals surface area contributed by atoms with E-state index in [0.29, 0.717) is 19.3 Å². The molecule has 0 aliphatic heterocycles. The number of esters is 3. The minimum atomic E-state index is -4.95. The van der Waals surface area contributed by atoms with Crippen LogP contribution in [-0.2, 0) is 55.8 Å². The van der Waals surface area contributed by atoms with Gasteiger partial charge >= 0.3 is 33.6 Å². The van der Waals surface area contributed by atoms with Crippen molar-refractivity contribution in [3.8, 4) is 0 Å². The van der Waals surface area contributed by atoms with Gasteiger partial charge in [-0.3, -0.25) is 32.5 Å². The third-order valence-corrected chi connectivity index (χ3v) is 20.0. The summed E-state index contributed by atoms with van der Waals surface area (Å²) in [6.45, 7) is 2.33. The van der Waals surface area contributed by atoms with E-state index in [1.165, 1.54) is 103 Å². The van der Waals surface area contributed by atoms with Crippen LogP contribution in [0.25, 0.3) is 0 Å². The fraction of sp³-hybridized carbons (Fsp3) is 0.653. The molecule has 644 valence electrons. The van der Waals surface area contributed by atoms with Crippen molar-refractivity contribution in [3.63, 3.8) is 0 Å². The smallest absolute Gasteiger partial charge is 0.463 e. The molecule has 0 saturated carbocycles. The Bertz CT molecular complexity index is 2780. The largest absolute Gasteiger partial charge is 0.472 e. The number of hydrogen-bond donors (Lipinski definition) is 4. The van der Waals surface area contributed by atoms with E-state index in [0.717, 1.165) is 180 Å². The summed E-state index contributed by atoms with van der Waals surface area (Å²) < 4.78 is 61.3. The van der Waals surface area contributed by atoms with E-state index < -0.39 is 91.5 Å². The lowest BCUT2D eigenvalue weighted by Gasteiger charge is -2.21. The van der Waals surface area contributed by atoms with E-state index in [4.69, 9.17) is 32.3 Å². The molecule has 5 unspecified atom stereocenters. The SMILES string of the molecule is CC/C=C\C/C=C\C/C=C\C/C=C\C/C=C\C/C=C\CCCCCCCCCCCCCCCCC(=O)OCC(O)COP(=O)(O)OCC(O)COP(=O)(O)OCC(COC(=O)CCCCCCCCCCCCC/C=C\C/C=C\C/C=C\C/C=C\C/C=C\CC)OC(=O)CCCCCC/C=C\C/C=C\C/C=C\C/C=C\CC. The van der Waals surface area contributed by atoms with Crippen molar-refractivity contribution < 1.29 is 75.8 Å². The molecular formula is C95H158O16P2. The Morgan fingerprint density at radius 3 is 0.699 bits per heavy atom. The molecule has 0 spiro atoms. The van der Waals surface area contributed by atoms with Gasteiger partial charge in [0.25, 0.3) is 0 Å². The molecule has 0 aromatic carbocycles. The van der Waals surface area contributed by atoms with Gasteiger partial charge in [-0.2, -0.15) is 0 Å². The molecule has 0 aliphatic carbocycles. The third kappa shape index (κ3) is 87.3. The van der Waals surface area contributed by atoms with Crippen LogP contribution in [0, 0.1) is 0 Å². The summed E-state index contributed by atoms with van der Waals surface area (Å²) >= 11 is 0. The molecule has 0 aliphatic rings. The van der Waals surface area contributed by atoms with Crippen LogP contribution >= 0.6 is 15.6 Å².